The average Bonchev–Trinajstić information content (AvgIpc) is 2.72. The predicted molar refractivity (Wildman–Crippen MR) is 68.2 cm³/mol. The number of carbonyl (C=O) groups excluding carboxylic acids is 1. The number of carbonyl (C=O) groups is 1. The molecule has 0 saturated carbocycles. The molecule has 1 unspecified atom stereocenters. The van der Waals surface area contributed by atoms with Crippen molar-refractivity contribution in [2.45, 2.75) is 52.0 Å². The first kappa shape index (κ1) is 11.6. The maximum absolute atomic E-state index is 11.9. The minimum Gasteiger partial charge on any atom is -0.349 e. The van der Waals surface area contributed by atoms with Gasteiger partial charge in [-0.15, -0.1) is 11.3 Å². The maximum atomic E-state index is 11.9. The maximum Gasteiger partial charge on any atom is 0.261 e. The summed E-state index contributed by atoms with van der Waals surface area (Å²) in [5, 5.41) is 3.03. The third-order valence-electron chi connectivity index (χ3n) is 3.21. The highest BCUT2D eigenvalue weighted by Gasteiger charge is 2.17. The molecule has 0 spiro atoms. The molecule has 16 heavy (non-hydrogen) atoms. The topological polar surface area (TPSA) is 29.1 Å². The number of thiophene rings is 1. The number of nitrogens with one attached hydrogen (secondary N) is 1. The fraction of sp³-hybridized carbons (Fsp3) is 0.615. The van der Waals surface area contributed by atoms with Crippen LogP contribution in [0, 0.1) is 0 Å². The van der Waals surface area contributed by atoms with Crippen LogP contribution in [-0.2, 0) is 12.8 Å². The van der Waals surface area contributed by atoms with Gasteiger partial charge in [0.25, 0.3) is 5.91 Å². The van der Waals surface area contributed by atoms with Crippen molar-refractivity contribution >= 4 is 17.2 Å². The highest BCUT2D eigenvalue weighted by atomic mass is 32.1. The van der Waals surface area contributed by atoms with Crippen molar-refractivity contribution in [1.82, 2.24) is 5.32 Å². The van der Waals surface area contributed by atoms with E-state index >= 15 is 0 Å². The van der Waals surface area contributed by atoms with Gasteiger partial charge in [0, 0.05) is 10.9 Å². The van der Waals surface area contributed by atoms with Crippen LogP contribution in [0.25, 0.3) is 0 Å². The molecule has 1 atom stereocenters. The van der Waals surface area contributed by atoms with Crippen molar-refractivity contribution in [1.29, 1.82) is 0 Å². The summed E-state index contributed by atoms with van der Waals surface area (Å²) in [4.78, 5) is 14.3. The minimum absolute atomic E-state index is 0.105. The van der Waals surface area contributed by atoms with E-state index in [1.165, 1.54) is 23.3 Å². The molecule has 0 fully saturated rings. The second-order valence-corrected chi connectivity index (χ2v) is 5.69. The van der Waals surface area contributed by atoms with Crippen LogP contribution in [0.3, 0.4) is 0 Å². The lowest BCUT2D eigenvalue weighted by molar-refractivity contribution is 0.0943. The van der Waals surface area contributed by atoms with Crippen LogP contribution in [0.15, 0.2) is 6.07 Å². The van der Waals surface area contributed by atoms with Gasteiger partial charge in [0.1, 0.15) is 0 Å². The van der Waals surface area contributed by atoms with E-state index in [0.29, 0.717) is 0 Å². The van der Waals surface area contributed by atoms with Crippen LogP contribution in [-0.4, -0.2) is 11.9 Å². The second kappa shape index (κ2) is 5.00. The zero-order valence-electron chi connectivity index (χ0n) is 10.0. The Kier molecular flexibility index (Phi) is 3.64. The Hall–Kier alpha value is -0.830. The van der Waals surface area contributed by atoms with Gasteiger partial charge < -0.3 is 5.32 Å². The van der Waals surface area contributed by atoms with Crippen molar-refractivity contribution in [3.05, 3.63) is 21.4 Å². The van der Waals surface area contributed by atoms with Gasteiger partial charge in [-0.25, -0.2) is 0 Å². The summed E-state index contributed by atoms with van der Waals surface area (Å²) in [5.41, 5.74) is 1.41. The highest BCUT2D eigenvalue weighted by Crippen LogP contribution is 2.29. The molecule has 3 heteroatoms. The summed E-state index contributed by atoms with van der Waals surface area (Å²) < 4.78 is 0. The summed E-state index contributed by atoms with van der Waals surface area (Å²) in [5.74, 6) is 0.105. The van der Waals surface area contributed by atoms with E-state index in [-0.39, 0.29) is 11.9 Å². The molecule has 88 valence electrons. The highest BCUT2D eigenvalue weighted by molar-refractivity contribution is 7.14. The Bertz CT molecular complexity index is 360. The third kappa shape index (κ3) is 2.46. The molecule has 1 aliphatic rings. The van der Waals surface area contributed by atoms with E-state index in [4.69, 9.17) is 0 Å². The van der Waals surface area contributed by atoms with Crippen molar-refractivity contribution in [3.8, 4) is 0 Å². The average molecular weight is 237 g/mol. The number of aryl methyl sites for hydroxylation is 2. The molecular weight excluding hydrogens is 218 g/mol. The Morgan fingerprint density at radius 3 is 2.94 bits per heavy atom. The van der Waals surface area contributed by atoms with Gasteiger partial charge in [-0.3, -0.25) is 4.79 Å². The van der Waals surface area contributed by atoms with Gasteiger partial charge >= 0.3 is 0 Å². The van der Waals surface area contributed by atoms with Gasteiger partial charge in [0.05, 0.1) is 4.88 Å². The fourth-order valence-corrected chi connectivity index (χ4v) is 3.16. The molecule has 0 bridgehead atoms. The van der Waals surface area contributed by atoms with Gasteiger partial charge in [-0.2, -0.15) is 0 Å². The van der Waals surface area contributed by atoms with Crippen molar-refractivity contribution < 1.29 is 4.79 Å². The van der Waals surface area contributed by atoms with E-state index in [1.807, 2.05) is 6.92 Å². The Labute approximate surface area is 101 Å². The van der Waals surface area contributed by atoms with Crippen molar-refractivity contribution in [2.24, 2.45) is 0 Å². The van der Waals surface area contributed by atoms with Gasteiger partial charge in [0.2, 0.25) is 0 Å². The van der Waals surface area contributed by atoms with Gasteiger partial charge in [-0.05, 0) is 50.7 Å². The SMILES string of the molecule is CCC(C)NC(=O)c1cc2c(s1)CCCC2. The number of hydrogen-bond donors (Lipinski definition) is 1. The Morgan fingerprint density at radius 2 is 2.25 bits per heavy atom. The van der Waals surface area contributed by atoms with Crippen LogP contribution < -0.4 is 5.32 Å². The predicted octanol–water partition coefficient (Wildman–Crippen LogP) is 3.16. The number of hydrogen-bond acceptors (Lipinski definition) is 2. The van der Waals surface area contributed by atoms with E-state index in [0.717, 1.165) is 24.1 Å². The first-order valence-electron chi connectivity index (χ1n) is 6.13. The molecule has 0 aliphatic heterocycles. The van der Waals surface area contributed by atoms with E-state index in [9.17, 15) is 4.79 Å². The summed E-state index contributed by atoms with van der Waals surface area (Å²) in [7, 11) is 0. The molecule has 2 nitrogen and oxygen atoms in total. The standard InChI is InChI=1S/C13H19NOS/c1-3-9(2)14-13(15)12-8-10-6-4-5-7-11(10)16-12/h8-9H,3-7H2,1-2H3,(H,14,15). The normalized spacial score (nSPS) is 16.6. The lowest BCUT2D eigenvalue weighted by Crippen LogP contribution is -2.31. The minimum atomic E-state index is 0.105. The summed E-state index contributed by atoms with van der Waals surface area (Å²) in [6, 6.07) is 2.36. The number of amides is 1. The second-order valence-electron chi connectivity index (χ2n) is 4.55. The lowest BCUT2D eigenvalue weighted by Gasteiger charge is -2.09. The van der Waals surface area contributed by atoms with Gasteiger partial charge in [-0.1, -0.05) is 6.92 Å². The van der Waals surface area contributed by atoms with Gasteiger partial charge in [0.15, 0.2) is 0 Å². The van der Waals surface area contributed by atoms with Crippen molar-refractivity contribution in [2.75, 3.05) is 0 Å². The Morgan fingerprint density at radius 1 is 1.50 bits per heavy atom. The van der Waals surface area contributed by atoms with E-state index < -0.39 is 0 Å². The van der Waals surface area contributed by atoms with Crippen LogP contribution in [0.4, 0.5) is 0 Å². The third-order valence-corrected chi connectivity index (χ3v) is 4.45. The molecule has 1 aliphatic carbocycles. The zero-order chi connectivity index (χ0) is 11.5. The monoisotopic (exact) mass is 237 g/mol. The molecule has 0 aromatic carbocycles. The van der Waals surface area contributed by atoms with Crippen molar-refractivity contribution in [3.63, 3.8) is 0 Å². The van der Waals surface area contributed by atoms with E-state index in [1.54, 1.807) is 11.3 Å². The molecular formula is C13H19NOS. The van der Waals surface area contributed by atoms with Crippen LogP contribution in [0.5, 0.6) is 0 Å². The lowest BCUT2D eigenvalue weighted by atomic mass is 9.99. The van der Waals surface area contributed by atoms with Crippen LogP contribution >= 0.6 is 11.3 Å². The fourth-order valence-electron chi connectivity index (χ4n) is 2.00. The molecule has 1 aromatic heterocycles. The quantitative estimate of drug-likeness (QED) is 0.859. The Balaban J connectivity index is 2.09. The molecule has 2 rings (SSSR count). The molecule has 1 amide bonds. The first-order valence-corrected chi connectivity index (χ1v) is 6.94. The molecule has 0 saturated heterocycles. The summed E-state index contributed by atoms with van der Waals surface area (Å²) >= 11 is 1.68. The number of rotatable bonds is 3. The largest absolute Gasteiger partial charge is 0.349 e. The molecule has 1 aromatic rings. The molecule has 1 heterocycles. The zero-order valence-corrected chi connectivity index (χ0v) is 10.8. The van der Waals surface area contributed by atoms with Crippen LogP contribution in [0.1, 0.15) is 53.2 Å². The van der Waals surface area contributed by atoms with Crippen LogP contribution in [0.2, 0.25) is 0 Å². The summed E-state index contributed by atoms with van der Waals surface area (Å²) in [6.45, 7) is 4.13. The molecule has 0 radical (unpaired) electrons. The van der Waals surface area contributed by atoms with E-state index in [2.05, 4.69) is 18.3 Å². The first-order chi connectivity index (χ1) is 7.70. The molecule has 1 N–H and O–H groups in total. The smallest absolute Gasteiger partial charge is 0.261 e. The number of fused-ring (bicyclic) bond motifs is 1. The summed E-state index contributed by atoms with van der Waals surface area (Å²) in [6.07, 6.45) is 5.85.